The average Bonchev–Trinajstić information content (AvgIpc) is 2.88. The van der Waals surface area contributed by atoms with Gasteiger partial charge >= 0.3 is 0 Å². The highest BCUT2D eigenvalue weighted by atomic mass is 19.1. The highest BCUT2D eigenvalue weighted by molar-refractivity contribution is 5.34. The SMILES string of the molecule is CCNC(c1cccc(OC)c1F)C1C2CCCC21. The Balaban J connectivity index is 1.88. The van der Waals surface area contributed by atoms with E-state index in [-0.39, 0.29) is 11.9 Å². The molecule has 0 heterocycles. The fourth-order valence-corrected chi connectivity index (χ4v) is 3.97. The summed E-state index contributed by atoms with van der Waals surface area (Å²) in [5.74, 6) is 2.41. The predicted molar refractivity (Wildman–Crippen MR) is 73.7 cm³/mol. The molecule has 3 unspecified atom stereocenters. The standard InChI is InChI=1S/C16H22FNO/c1-3-18-16(14-10-6-4-7-11(10)14)12-8-5-9-13(19-2)15(12)17/h5,8-11,14,16,18H,3-4,6-7H2,1-2H3. The van der Waals surface area contributed by atoms with Crippen LogP contribution in [0.15, 0.2) is 18.2 Å². The molecule has 0 aromatic heterocycles. The Bertz CT molecular complexity index is 452. The number of halogens is 1. The first-order valence-corrected chi connectivity index (χ1v) is 7.33. The van der Waals surface area contributed by atoms with Gasteiger partial charge in [0.1, 0.15) is 0 Å². The molecule has 3 heteroatoms. The molecule has 0 amide bonds. The molecule has 2 saturated carbocycles. The molecule has 1 N–H and O–H groups in total. The number of ether oxygens (including phenoxy) is 1. The van der Waals surface area contributed by atoms with Gasteiger partial charge in [-0.1, -0.05) is 25.5 Å². The summed E-state index contributed by atoms with van der Waals surface area (Å²) in [4.78, 5) is 0. The number of nitrogens with one attached hydrogen (secondary N) is 1. The van der Waals surface area contributed by atoms with Crippen LogP contribution >= 0.6 is 0 Å². The summed E-state index contributed by atoms with van der Waals surface area (Å²) in [6, 6.07) is 5.63. The van der Waals surface area contributed by atoms with Crippen molar-refractivity contribution >= 4 is 0 Å². The molecule has 104 valence electrons. The molecule has 0 bridgehead atoms. The van der Waals surface area contributed by atoms with Crippen LogP contribution in [0.3, 0.4) is 0 Å². The van der Waals surface area contributed by atoms with E-state index < -0.39 is 0 Å². The van der Waals surface area contributed by atoms with Gasteiger partial charge in [-0.15, -0.1) is 0 Å². The third-order valence-corrected chi connectivity index (χ3v) is 4.83. The molecule has 0 saturated heterocycles. The van der Waals surface area contributed by atoms with Gasteiger partial charge in [0.05, 0.1) is 7.11 Å². The molecule has 2 fully saturated rings. The Kier molecular flexibility index (Phi) is 3.48. The molecule has 0 spiro atoms. The van der Waals surface area contributed by atoms with Gasteiger partial charge in [-0.2, -0.15) is 0 Å². The Morgan fingerprint density at radius 3 is 2.74 bits per heavy atom. The van der Waals surface area contributed by atoms with E-state index in [1.54, 1.807) is 6.07 Å². The van der Waals surface area contributed by atoms with E-state index in [4.69, 9.17) is 4.74 Å². The first kappa shape index (κ1) is 12.9. The van der Waals surface area contributed by atoms with Crippen molar-refractivity contribution in [2.45, 2.75) is 32.2 Å². The zero-order valence-electron chi connectivity index (χ0n) is 11.7. The first-order chi connectivity index (χ1) is 9.27. The van der Waals surface area contributed by atoms with Crippen LogP contribution in [0.4, 0.5) is 4.39 Å². The fraction of sp³-hybridized carbons (Fsp3) is 0.625. The molecule has 0 radical (unpaired) electrons. The summed E-state index contributed by atoms with van der Waals surface area (Å²) in [5, 5.41) is 3.49. The Labute approximate surface area is 114 Å². The van der Waals surface area contributed by atoms with Crippen LogP contribution in [0.2, 0.25) is 0 Å². The molecule has 1 aromatic rings. The lowest BCUT2D eigenvalue weighted by molar-refractivity contribution is 0.368. The van der Waals surface area contributed by atoms with Crippen molar-refractivity contribution in [2.24, 2.45) is 17.8 Å². The first-order valence-electron chi connectivity index (χ1n) is 7.33. The molecule has 0 aliphatic heterocycles. The van der Waals surface area contributed by atoms with Gasteiger partial charge in [0.15, 0.2) is 11.6 Å². The molecule has 3 rings (SSSR count). The van der Waals surface area contributed by atoms with Crippen molar-refractivity contribution in [3.8, 4) is 5.75 Å². The molecular weight excluding hydrogens is 241 g/mol. The van der Waals surface area contributed by atoms with Gasteiger partial charge in [0.2, 0.25) is 0 Å². The summed E-state index contributed by atoms with van der Waals surface area (Å²) in [6.45, 7) is 2.96. The highest BCUT2D eigenvalue weighted by Crippen LogP contribution is 2.62. The lowest BCUT2D eigenvalue weighted by Crippen LogP contribution is -2.25. The smallest absolute Gasteiger partial charge is 0.169 e. The number of fused-ring (bicyclic) bond motifs is 1. The predicted octanol–water partition coefficient (Wildman–Crippen LogP) is 3.53. The summed E-state index contributed by atoms with van der Waals surface area (Å²) in [6.07, 6.45) is 4.00. The lowest BCUT2D eigenvalue weighted by atomic mass is 9.96. The second-order valence-corrected chi connectivity index (χ2v) is 5.73. The summed E-state index contributed by atoms with van der Waals surface area (Å²) >= 11 is 0. The topological polar surface area (TPSA) is 21.3 Å². The minimum absolute atomic E-state index is 0.149. The monoisotopic (exact) mass is 263 g/mol. The Hall–Kier alpha value is -1.09. The Morgan fingerprint density at radius 1 is 1.37 bits per heavy atom. The zero-order valence-corrected chi connectivity index (χ0v) is 11.7. The van der Waals surface area contributed by atoms with Gasteiger partial charge in [-0.3, -0.25) is 0 Å². The fourth-order valence-electron chi connectivity index (χ4n) is 3.97. The lowest BCUT2D eigenvalue weighted by Gasteiger charge is -2.21. The molecule has 2 nitrogen and oxygen atoms in total. The van der Waals surface area contributed by atoms with Crippen LogP contribution in [0.25, 0.3) is 0 Å². The highest BCUT2D eigenvalue weighted by Gasteiger charge is 2.56. The molecule has 3 atom stereocenters. The number of hydrogen-bond donors (Lipinski definition) is 1. The minimum atomic E-state index is -0.194. The maximum absolute atomic E-state index is 14.4. The van der Waals surface area contributed by atoms with E-state index in [9.17, 15) is 4.39 Å². The van der Waals surface area contributed by atoms with Gasteiger partial charge < -0.3 is 10.1 Å². The normalized spacial score (nSPS) is 29.9. The van der Waals surface area contributed by atoms with Crippen LogP contribution in [-0.2, 0) is 0 Å². The van der Waals surface area contributed by atoms with Crippen molar-refractivity contribution in [3.63, 3.8) is 0 Å². The van der Waals surface area contributed by atoms with E-state index >= 15 is 0 Å². The second kappa shape index (κ2) is 5.12. The van der Waals surface area contributed by atoms with Gasteiger partial charge in [0, 0.05) is 11.6 Å². The molecule has 2 aliphatic rings. The van der Waals surface area contributed by atoms with Gasteiger partial charge in [0.25, 0.3) is 0 Å². The van der Waals surface area contributed by atoms with Crippen molar-refractivity contribution in [1.82, 2.24) is 5.32 Å². The summed E-state index contributed by atoms with van der Waals surface area (Å²) in [5.41, 5.74) is 0.778. The van der Waals surface area contributed by atoms with Gasteiger partial charge in [-0.25, -0.2) is 4.39 Å². The summed E-state index contributed by atoms with van der Waals surface area (Å²) in [7, 11) is 1.52. The van der Waals surface area contributed by atoms with E-state index in [1.807, 2.05) is 12.1 Å². The maximum atomic E-state index is 14.4. The van der Waals surface area contributed by atoms with E-state index in [2.05, 4.69) is 12.2 Å². The van der Waals surface area contributed by atoms with Crippen molar-refractivity contribution in [3.05, 3.63) is 29.6 Å². The largest absolute Gasteiger partial charge is 0.494 e. The molecule has 2 aliphatic carbocycles. The number of hydrogen-bond acceptors (Lipinski definition) is 2. The van der Waals surface area contributed by atoms with Gasteiger partial charge in [-0.05, 0) is 43.2 Å². The van der Waals surface area contributed by atoms with E-state index in [1.165, 1.54) is 26.4 Å². The van der Waals surface area contributed by atoms with Crippen LogP contribution in [0.1, 0.15) is 37.8 Å². The molecule has 19 heavy (non-hydrogen) atoms. The quantitative estimate of drug-likeness (QED) is 0.877. The summed E-state index contributed by atoms with van der Waals surface area (Å²) < 4.78 is 19.6. The Morgan fingerprint density at radius 2 is 2.11 bits per heavy atom. The van der Waals surface area contributed by atoms with Crippen molar-refractivity contribution in [1.29, 1.82) is 0 Å². The van der Waals surface area contributed by atoms with E-state index in [0.717, 1.165) is 23.9 Å². The molecule has 1 aromatic carbocycles. The van der Waals surface area contributed by atoms with Crippen LogP contribution in [0, 0.1) is 23.6 Å². The number of benzene rings is 1. The average molecular weight is 263 g/mol. The van der Waals surface area contributed by atoms with E-state index in [0.29, 0.717) is 11.7 Å². The number of methoxy groups -OCH3 is 1. The zero-order chi connectivity index (χ0) is 13.4. The van der Waals surface area contributed by atoms with Crippen molar-refractivity contribution < 1.29 is 9.13 Å². The third kappa shape index (κ3) is 2.14. The second-order valence-electron chi connectivity index (χ2n) is 5.73. The number of rotatable bonds is 5. The molecular formula is C16H22FNO. The van der Waals surface area contributed by atoms with Crippen molar-refractivity contribution in [2.75, 3.05) is 13.7 Å². The maximum Gasteiger partial charge on any atom is 0.169 e. The van der Waals surface area contributed by atoms with Crippen LogP contribution < -0.4 is 10.1 Å². The minimum Gasteiger partial charge on any atom is -0.494 e. The third-order valence-electron chi connectivity index (χ3n) is 4.83. The van der Waals surface area contributed by atoms with Crippen LogP contribution in [0.5, 0.6) is 5.75 Å². The van der Waals surface area contributed by atoms with Crippen LogP contribution in [-0.4, -0.2) is 13.7 Å².